The van der Waals surface area contributed by atoms with Crippen molar-refractivity contribution in [3.8, 4) is 11.5 Å². The molecule has 0 saturated heterocycles. The zero-order chi connectivity index (χ0) is 21.0. The Labute approximate surface area is 185 Å². The number of nitrogens with zero attached hydrogens (tertiary/aromatic N) is 3. The fourth-order valence-corrected chi connectivity index (χ4v) is 4.09. The molecule has 1 amide bonds. The molecule has 0 radical (unpaired) electrons. The van der Waals surface area contributed by atoms with Gasteiger partial charge < -0.3 is 14.4 Å². The van der Waals surface area contributed by atoms with E-state index in [2.05, 4.69) is 9.88 Å². The Hall–Kier alpha value is -2.42. The lowest BCUT2D eigenvalue weighted by molar-refractivity contribution is 0.0985. The summed E-state index contributed by atoms with van der Waals surface area (Å²) < 4.78 is 25.4. The van der Waals surface area contributed by atoms with Crippen LogP contribution < -0.4 is 14.4 Å². The first-order chi connectivity index (χ1) is 13.9. The molecule has 162 valence electrons. The second kappa shape index (κ2) is 10.6. The highest BCUT2D eigenvalue weighted by atomic mass is 35.5. The van der Waals surface area contributed by atoms with Crippen molar-refractivity contribution in [1.82, 2.24) is 9.88 Å². The van der Waals surface area contributed by atoms with Crippen LogP contribution in [-0.4, -0.2) is 57.2 Å². The van der Waals surface area contributed by atoms with E-state index in [1.54, 1.807) is 31.3 Å². The van der Waals surface area contributed by atoms with Gasteiger partial charge in [0.25, 0.3) is 5.91 Å². The molecule has 1 heterocycles. The number of ether oxygens (including phenoxy) is 2. The van der Waals surface area contributed by atoms with Crippen LogP contribution in [0.4, 0.5) is 9.52 Å². The zero-order valence-electron chi connectivity index (χ0n) is 17.3. The molecule has 0 aliphatic rings. The van der Waals surface area contributed by atoms with Crippen LogP contribution in [0.15, 0.2) is 36.4 Å². The number of thiazole rings is 1. The van der Waals surface area contributed by atoms with Crippen LogP contribution in [0.1, 0.15) is 16.8 Å². The average molecular weight is 454 g/mol. The van der Waals surface area contributed by atoms with Crippen molar-refractivity contribution in [2.75, 3.05) is 46.3 Å². The second-order valence-electron chi connectivity index (χ2n) is 6.77. The Bertz CT molecular complexity index is 971. The maximum absolute atomic E-state index is 13.7. The van der Waals surface area contributed by atoms with Crippen LogP contribution in [0.5, 0.6) is 11.5 Å². The van der Waals surface area contributed by atoms with Crippen LogP contribution in [0.25, 0.3) is 10.2 Å². The van der Waals surface area contributed by atoms with Crippen LogP contribution >= 0.6 is 23.7 Å². The van der Waals surface area contributed by atoms with Gasteiger partial charge in [0.15, 0.2) is 5.13 Å². The highest BCUT2D eigenvalue weighted by molar-refractivity contribution is 7.22. The third-order valence-corrected chi connectivity index (χ3v) is 5.53. The van der Waals surface area contributed by atoms with E-state index >= 15 is 0 Å². The minimum absolute atomic E-state index is 0. The number of hydrogen-bond donors (Lipinski definition) is 0. The van der Waals surface area contributed by atoms with E-state index in [0.29, 0.717) is 28.7 Å². The summed E-state index contributed by atoms with van der Waals surface area (Å²) in [5.74, 6) is 0.530. The van der Waals surface area contributed by atoms with Gasteiger partial charge in [-0.2, -0.15) is 0 Å². The summed E-state index contributed by atoms with van der Waals surface area (Å²) in [6, 6.07) is 9.31. The smallest absolute Gasteiger partial charge is 0.260 e. The number of methoxy groups -OCH3 is 2. The number of anilines is 1. The Kier molecular flexibility index (Phi) is 8.40. The van der Waals surface area contributed by atoms with E-state index in [1.165, 1.54) is 29.5 Å². The summed E-state index contributed by atoms with van der Waals surface area (Å²) in [6.07, 6.45) is 0.748. The lowest BCUT2D eigenvalue weighted by Crippen LogP contribution is -2.33. The summed E-state index contributed by atoms with van der Waals surface area (Å²) >= 11 is 1.35. The van der Waals surface area contributed by atoms with Crippen LogP contribution in [-0.2, 0) is 0 Å². The summed E-state index contributed by atoms with van der Waals surface area (Å²) in [5.41, 5.74) is 0.921. The molecule has 9 heteroatoms. The second-order valence-corrected chi connectivity index (χ2v) is 7.75. The van der Waals surface area contributed by atoms with E-state index in [4.69, 9.17) is 9.47 Å². The quantitative estimate of drug-likeness (QED) is 0.503. The molecule has 2 aromatic carbocycles. The predicted molar refractivity (Wildman–Crippen MR) is 121 cm³/mol. The molecule has 0 aliphatic heterocycles. The maximum atomic E-state index is 13.7. The van der Waals surface area contributed by atoms with E-state index in [9.17, 15) is 9.18 Å². The van der Waals surface area contributed by atoms with Gasteiger partial charge in [0, 0.05) is 12.1 Å². The summed E-state index contributed by atoms with van der Waals surface area (Å²) in [5, 5.41) is 0.524. The van der Waals surface area contributed by atoms with Crippen molar-refractivity contribution in [2.24, 2.45) is 0 Å². The molecule has 0 N–H and O–H groups in total. The summed E-state index contributed by atoms with van der Waals surface area (Å²) in [6.45, 7) is 1.27. The van der Waals surface area contributed by atoms with Gasteiger partial charge in [-0.15, -0.1) is 12.4 Å². The van der Waals surface area contributed by atoms with Crippen molar-refractivity contribution in [1.29, 1.82) is 0 Å². The molecule has 0 unspecified atom stereocenters. The van der Waals surface area contributed by atoms with Gasteiger partial charge in [-0.05, 0) is 57.4 Å². The first kappa shape index (κ1) is 23.9. The Morgan fingerprint density at radius 1 is 1.10 bits per heavy atom. The molecule has 0 atom stereocenters. The lowest BCUT2D eigenvalue weighted by atomic mass is 10.2. The number of rotatable bonds is 8. The average Bonchev–Trinajstić information content (AvgIpc) is 3.14. The minimum atomic E-state index is -0.447. The van der Waals surface area contributed by atoms with Gasteiger partial charge >= 0.3 is 0 Å². The maximum Gasteiger partial charge on any atom is 0.260 e. The van der Waals surface area contributed by atoms with Crippen molar-refractivity contribution in [3.63, 3.8) is 0 Å². The summed E-state index contributed by atoms with van der Waals surface area (Å²) in [4.78, 5) is 21.5. The Balaban J connectivity index is 0.00000320. The molecule has 3 aromatic rings. The first-order valence-electron chi connectivity index (χ1n) is 9.18. The van der Waals surface area contributed by atoms with Crippen molar-refractivity contribution in [3.05, 3.63) is 47.8 Å². The fraction of sp³-hybridized carbons (Fsp3) is 0.333. The normalized spacial score (nSPS) is 10.7. The standard InChI is InChI=1S/C21H24FN3O3S.ClH/c1-24(2)11-6-12-25(20(26)14-7-5-8-15(22)13-14)21-23-18-16(27-3)9-10-17(28-4)19(18)29-21;/h5,7-10,13H,6,11-12H2,1-4H3;1H. The highest BCUT2D eigenvalue weighted by Gasteiger charge is 2.23. The molecular formula is C21H25ClFN3O3S. The molecule has 0 saturated carbocycles. The first-order valence-corrected chi connectivity index (χ1v) is 10.00. The molecule has 0 spiro atoms. The molecule has 30 heavy (non-hydrogen) atoms. The van der Waals surface area contributed by atoms with Gasteiger partial charge in [-0.25, -0.2) is 9.37 Å². The third-order valence-electron chi connectivity index (χ3n) is 4.43. The number of hydrogen-bond acceptors (Lipinski definition) is 6. The molecule has 0 aliphatic carbocycles. The van der Waals surface area contributed by atoms with E-state index < -0.39 is 5.82 Å². The molecule has 0 fully saturated rings. The fourth-order valence-electron chi connectivity index (χ4n) is 3.00. The molecule has 0 bridgehead atoms. The molecular weight excluding hydrogens is 429 g/mol. The van der Waals surface area contributed by atoms with Crippen molar-refractivity contribution >= 4 is 45.0 Å². The highest BCUT2D eigenvalue weighted by Crippen LogP contribution is 2.40. The molecule has 6 nitrogen and oxygen atoms in total. The van der Waals surface area contributed by atoms with Gasteiger partial charge in [-0.1, -0.05) is 17.4 Å². The monoisotopic (exact) mass is 453 g/mol. The largest absolute Gasteiger partial charge is 0.495 e. The van der Waals surface area contributed by atoms with Gasteiger partial charge in [0.2, 0.25) is 0 Å². The number of amides is 1. The third kappa shape index (κ3) is 5.19. The number of carbonyl (C=O) groups excluding carboxylic acids is 1. The Morgan fingerprint density at radius 2 is 1.80 bits per heavy atom. The minimum Gasteiger partial charge on any atom is -0.495 e. The van der Waals surface area contributed by atoms with Crippen LogP contribution in [0.2, 0.25) is 0 Å². The number of halogens is 2. The topological polar surface area (TPSA) is 54.9 Å². The van der Waals surface area contributed by atoms with Crippen LogP contribution in [0, 0.1) is 5.82 Å². The number of benzene rings is 2. The zero-order valence-corrected chi connectivity index (χ0v) is 19.0. The van der Waals surface area contributed by atoms with E-state index in [1.807, 2.05) is 20.2 Å². The lowest BCUT2D eigenvalue weighted by Gasteiger charge is -2.21. The number of carbonyl (C=O) groups is 1. The Morgan fingerprint density at radius 3 is 2.43 bits per heavy atom. The number of fused-ring (bicyclic) bond motifs is 1. The molecule has 3 rings (SSSR count). The summed E-state index contributed by atoms with van der Waals surface area (Å²) in [7, 11) is 7.12. The SMILES string of the molecule is COc1ccc(OC)c2sc(N(CCCN(C)C)C(=O)c3cccc(F)c3)nc12.Cl. The number of aromatic nitrogens is 1. The predicted octanol–water partition coefficient (Wildman–Crippen LogP) is 4.47. The van der Waals surface area contributed by atoms with Gasteiger partial charge in [-0.3, -0.25) is 9.69 Å². The molecule has 1 aromatic heterocycles. The van der Waals surface area contributed by atoms with Crippen LogP contribution in [0.3, 0.4) is 0 Å². The van der Waals surface area contributed by atoms with Crippen molar-refractivity contribution in [2.45, 2.75) is 6.42 Å². The van der Waals surface area contributed by atoms with E-state index in [-0.39, 0.29) is 23.9 Å². The van der Waals surface area contributed by atoms with Crippen molar-refractivity contribution < 1.29 is 18.7 Å². The van der Waals surface area contributed by atoms with Gasteiger partial charge in [0.1, 0.15) is 27.5 Å². The van der Waals surface area contributed by atoms with Gasteiger partial charge in [0.05, 0.1) is 14.2 Å². The van der Waals surface area contributed by atoms with E-state index in [0.717, 1.165) is 17.7 Å².